The molecule has 0 bridgehead atoms. The van der Waals surface area contributed by atoms with Crippen molar-refractivity contribution in [3.63, 3.8) is 0 Å². The van der Waals surface area contributed by atoms with Gasteiger partial charge in [-0.1, -0.05) is 17.7 Å². The summed E-state index contributed by atoms with van der Waals surface area (Å²) in [4.78, 5) is 4.34. The van der Waals surface area contributed by atoms with Crippen molar-refractivity contribution in [3.05, 3.63) is 41.2 Å². The SMILES string of the molecule is COCC(C)n1ccnc1Nc1cccc(Cl)c1C. The zero-order valence-electron chi connectivity index (χ0n) is 11.4. The molecule has 1 atom stereocenters. The van der Waals surface area contributed by atoms with Crippen LogP contribution in [-0.2, 0) is 4.74 Å². The number of ether oxygens (including phenoxy) is 1. The van der Waals surface area contributed by atoms with E-state index in [1.165, 1.54) is 0 Å². The fourth-order valence-corrected chi connectivity index (χ4v) is 2.12. The molecule has 0 spiro atoms. The average molecular weight is 280 g/mol. The summed E-state index contributed by atoms with van der Waals surface area (Å²) < 4.78 is 7.22. The molecule has 5 heteroatoms. The second-order valence-electron chi connectivity index (χ2n) is 4.50. The van der Waals surface area contributed by atoms with Crippen LogP contribution in [0.3, 0.4) is 0 Å². The summed E-state index contributed by atoms with van der Waals surface area (Å²) in [5, 5.41) is 4.06. The number of hydrogen-bond donors (Lipinski definition) is 1. The van der Waals surface area contributed by atoms with Gasteiger partial charge in [-0.25, -0.2) is 4.98 Å². The summed E-state index contributed by atoms with van der Waals surface area (Å²) >= 11 is 6.12. The first-order valence-electron chi connectivity index (χ1n) is 6.17. The monoisotopic (exact) mass is 279 g/mol. The highest BCUT2D eigenvalue weighted by atomic mass is 35.5. The van der Waals surface area contributed by atoms with Gasteiger partial charge in [0.15, 0.2) is 0 Å². The number of nitrogens with one attached hydrogen (secondary N) is 1. The van der Waals surface area contributed by atoms with E-state index in [0.717, 1.165) is 22.2 Å². The Bertz CT molecular complexity index is 553. The third kappa shape index (κ3) is 3.08. The maximum atomic E-state index is 6.12. The first-order chi connectivity index (χ1) is 9.13. The lowest BCUT2D eigenvalue weighted by atomic mass is 10.2. The largest absolute Gasteiger partial charge is 0.383 e. The van der Waals surface area contributed by atoms with E-state index in [2.05, 4.69) is 17.2 Å². The number of nitrogens with zero attached hydrogens (tertiary/aromatic N) is 2. The van der Waals surface area contributed by atoms with Gasteiger partial charge in [-0.05, 0) is 31.5 Å². The Kier molecular flexibility index (Phi) is 4.45. The van der Waals surface area contributed by atoms with Crippen LogP contribution in [-0.4, -0.2) is 23.3 Å². The Labute approximate surface area is 118 Å². The minimum Gasteiger partial charge on any atom is -0.383 e. The smallest absolute Gasteiger partial charge is 0.207 e. The maximum Gasteiger partial charge on any atom is 0.207 e. The standard InChI is InChI=1S/C14H18ClN3O/c1-10(9-19-3)18-8-7-16-14(18)17-13-6-4-5-12(15)11(13)2/h4-8,10H,9H2,1-3H3,(H,16,17). The molecule has 2 aromatic rings. The van der Waals surface area contributed by atoms with Gasteiger partial charge in [-0.2, -0.15) is 0 Å². The van der Waals surface area contributed by atoms with Gasteiger partial charge in [-0.15, -0.1) is 0 Å². The van der Waals surface area contributed by atoms with E-state index in [0.29, 0.717) is 6.61 Å². The van der Waals surface area contributed by atoms with Crippen molar-refractivity contribution in [3.8, 4) is 0 Å². The van der Waals surface area contributed by atoms with Crippen LogP contribution in [0.25, 0.3) is 0 Å². The van der Waals surface area contributed by atoms with Gasteiger partial charge < -0.3 is 14.6 Å². The second-order valence-corrected chi connectivity index (χ2v) is 4.91. The van der Waals surface area contributed by atoms with E-state index in [4.69, 9.17) is 16.3 Å². The van der Waals surface area contributed by atoms with Gasteiger partial charge in [0.2, 0.25) is 5.95 Å². The van der Waals surface area contributed by atoms with Crippen LogP contribution in [0.2, 0.25) is 5.02 Å². The van der Waals surface area contributed by atoms with Crippen LogP contribution in [0.4, 0.5) is 11.6 Å². The lowest BCUT2D eigenvalue weighted by molar-refractivity contribution is 0.163. The van der Waals surface area contributed by atoms with Gasteiger partial charge in [0, 0.05) is 30.2 Å². The molecule has 4 nitrogen and oxygen atoms in total. The predicted molar refractivity (Wildman–Crippen MR) is 78.3 cm³/mol. The minimum absolute atomic E-state index is 0.217. The molecule has 2 rings (SSSR count). The lowest BCUT2D eigenvalue weighted by Gasteiger charge is -2.17. The van der Waals surface area contributed by atoms with E-state index in [1.54, 1.807) is 13.3 Å². The van der Waals surface area contributed by atoms with E-state index < -0.39 is 0 Å². The molecule has 0 aliphatic carbocycles. The molecule has 0 aliphatic rings. The molecule has 1 N–H and O–H groups in total. The summed E-state index contributed by atoms with van der Waals surface area (Å²) in [6.45, 7) is 4.71. The van der Waals surface area contributed by atoms with Crippen molar-refractivity contribution in [2.45, 2.75) is 19.9 Å². The van der Waals surface area contributed by atoms with Crippen molar-refractivity contribution in [2.24, 2.45) is 0 Å². The highest BCUT2D eigenvalue weighted by molar-refractivity contribution is 6.31. The van der Waals surface area contributed by atoms with Gasteiger partial charge in [0.05, 0.1) is 12.6 Å². The number of imidazole rings is 1. The molecular formula is C14H18ClN3O. The second kappa shape index (κ2) is 6.08. The summed E-state index contributed by atoms with van der Waals surface area (Å²) in [6.07, 6.45) is 3.71. The van der Waals surface area contributed by atoms with Crippen LogP contribution in [0.1, 0.15) is 18.5 Å². The normalized spacial score (nSPS) is 12.4. The highest BCUT2D eigenvalue weighted by Gasteiger charge is 2.11. The molecule has 19 heavy (non-hydrogen) atoms. The van der Waals surface area contributed by atoms with Crippen molar-refractivity contribution in [1.82, 2.24) is 9.55 Å². The number of anilines is 2. The first kappa shape index (κ1) is 13.9. The highest BCUT2D eigenvalue weighted by Crippen LogP contribution is 2.26. The zero-order chi connectivity index (χ0) is 13.8. The molecule has 1 aromatic carbocycles. The van der Waals surface area contributed by atoms with Crippen LogP contribution in [0.5, 0.6) is 0 Å². The van der Waals surface area contributed by atoms with Crippen LogP contribution in [0, 0.1) is 6.92 Å². The van der Waals surface area contributed by atoms with Gasteiger partial charge in [0.1, 0.15) is 0 Å². The number of aromatic nitrogens is 2. The molecule has 0 fully saturated rings. The van der Waals surface area contributed by atoms with Crippen LogP contribution < -0.4 is 5.32 Å². The van der Waals surface area contributed by atoms with Crippen LogP contribution >= 0.6 is 11.6 Å². The Morgan fingerprint density at radius 1 is 1.47 bits per heavy atom. The molecule has 1 aromatic heterocycles. The summed E-state index contributed by atoms with van der Waals surface area (Å²) in [7, 11) is 1.70. The Balaban J connectivity index is 2.24. The van der Waals surface area contributed by atoms with E-state index >= 15 is 0 Å². The lowest BCUT2D eigenvalue weighted by Crippen LogP contribution is -2.13. The fraction of sp³-hybridized carbons (Fsp3) is 0.357. The first-order valence-corrected chi connectivity index (χ1v) is 6.55. The Morgan fingerprint density at radius 3 is 3.00 bits per heavy atom. The summed E-state index contributed by atoms with van der Waals surface area (Å²) in [5.74, 6) is 0.787. The topological polar surface area (TPSA) is 39.1 Å². The van der Waals surface area contributed by atoms with Crippen molar-refractivity contribution < 1.29 is 4.74 Å². The summed E-state index contributed by atoms with van der Waals surface area (Å²) in [6, 6.07) is 6.00. The quantitative estimate of drug-likeness (QED) is 0.905. The molecular weight excluding hydrogens is 262 g/mol. The number of methoxy groups -OCH3 is 1. The Morgan fingerprint density at radius 2 is 2.26 bits per heavy atom. The molecule has 0 saturated carbocycles. The average Bonchev–Trinajstić information content (AvgIpc) is 2.83. The van der Waals surface area contributed by atoms with E-state index in [9.17, 15) is 0 Å². The molecule has 1 unspecified atom stereocenters. The zero-order valence-corrected chi connectivity index (χ0v) is 12.1. The van der Waals surface area contributed by atoms with Crippen molar-refractivity contribution in [2.75, 3.05) is 19.0 Å². The van der Waals surface area contributed by atoms with Gasteiger partial charge in [0.25, 0.3) is 0 Å². The molecule has 0 amide bonds. The van der Waals surface area contributed by atoms with E-state index in [1.807, 2.05) is 35.9 Å². The van der Waals surface area contributed by atoms with Crippen LogP contribution in [0.15, 0.2) is 30.6 Å². The number of benzene rings is 1. The van der Waals surface area contributed by atoms with Gasteiger partial charge >= 0.3 is 0 Å². The van der Waals surface area contributed by atoms with E-state index in [-0.39, 0.29) is 6.04 Å². The molecule has 1 heterocycles. The third-order valence-electron chi connectivity index (χ3n) is 3.07. The van der Waals surface area contributed by atoms with Crippen molar-refractivity contribution in [1.29, 1.82) is 0 Å². The molecule has 0 aliphatic heterocycles. The number of rotatable bonds is 5. The Hall–Kier alpha value is -1.52. The molecule has 0 saturated heterocycles. The predicted octanol–water partition coefficient (Wildman–Crippen LogP) is 3.80. The maximum absolute atomic E-state index is 6.12. The molecule has 102 valence electrons. The van der Waals surface area contributed by atoms with Gasteiger partial charge in [-0.3, -0.25) is 0 Å². The fourth-order valence-electron chi connectivity index (χ4n) is 1.95. The third-order valence-corrected chi connectivity index (χ3v) is 3.48. The minimum atomic E-state index is 0.217. The number of hydrogen-bond acceptors (Lipinski definition) is 3. The summed E-state index contributed by atoms with van der Waals surface area (Å²) in [5.41, 5.74) is 1.97. The molecule has 0 radical (unpaired) electrons. The van der Waals surface area contributed by atoms with Crippen molar-refractivity contribution >= 4 is 23.2 Å². The number of halogens is 1.